The van der Waals surface area contributed by atoms with Crippen molar-refractivity contribution in [3.8, 4) is 0 Å². The van der Waals surface area contributed by atoms with Crippen molar-refractivity contribution >= 4 is 35.6 Å². The molecular weight excluding hydrogens is 350 g/mol. The Morgan fingerprint density at radius 1 is 1.04 bits per heavy atom. The predicted molar refractivity (Wildman–Crippen MR) is 107 cm³/mol. The molecule has 138 valence electrons. The van der Waals surface area contributed by atoms with E-state index in [0.29, 0.717) is 28.4 Å². The van der Waals surface area contributed by atoms with Gasteiger partial charge >= 0.3 is 0 Å². The van der Waals surface area contributed by atoms with E-state index < -0.39 is 0 Å². The predicted octanol–water partition coefficient (Wildman–Crippen LogP) is 3.82. The molecule has 1 saturated heterocycles. The molecule has 0 saturated carbocycles. The van der Waals surface area contributed by atoms with Crippen LogP contribution in [-0.2, 0) is 0 Å². The number of nitrogens with zero attached hydrogens (tertiary/aromatic N) is 1. The lowest BCUT2D eigenvalue weighted by atomic mass is 9.98. The first-order chi connectivity index (χ1) is 12.0. The van der Waals surface area contributed by atoms with Gasteiger partial charge in [0.05, 0.1) is 11.3 Å². The Kier molecular flexibility index (Phi) is 6.64. The van der Waals surface area contributed by atoms with Crippen molar-refractivity contribution in [2.75, 3.05) is 24.1 Å². The molecule has 5 nitrogen and oxygen atoms in total. The highest BCUT2D eigenvalue weighted by Gasteiger charge is 2.23. The summed E-state index contributed by atoms with van der Waals surface area (Å²) in [5.74, 6) is 0.372. The monoisotopic (exact) mass is 373 g/mol. The van der Waals surface area contributed by atoms with Gasteiger partial charge < -0.3 is 16.0 Å². The number of carbonyl (C=O) groups is 2. The second kappa shape index (κ2) is 8.72. The van der Waals surface area contributed by atoms with E-state index in [-0.39, 0.29) is 24.2 Å². The van der Waals surface area contributed by atoms with Crippen molar-refractivity contribution in [1.29, 1.82) is 0 Å². The summed E-state index contributed by atoms with van der Waals surface area (Å²) >= 11 is 0. The largest absolute Gasteiger partial charge is 0.399 e. The van der Waals surface area contributed by atoms with Crippen LogP contribution in [0.1, 0.15) is 40.5 Å². The van der Waals surface area contributed by atoms with Crippen LogP contribution in [0.4, 0.5) is 11.4 Å². The lowest BCUT2D eigenvalue weighted by Crippen LogP contribution is -2.38. The number of nitrogen functional groups attached to an aromatic ring is 1. The summed E-state index contributed by atoms with van der Waals surface area (Å²) in [6, 6.07) is 13.9. The Labute approximate surface area is 160 Å². The van der Waals surface area contributed by atoms with Crippen LogP contribution in [0.2, 0.25) is 0 Å². The molecule has 2 aromatic rings. The molecule has 2 aromatic carbocycles. The smallest absolute Gasteiger partial charge is 0.255 e. The minimum absolute atomic E-state index is 0. The summed E-state index contributed by atoms with van der Waals surface area (Å²) < 4.78 is 0. The van der Waals surface area contributed by atoms with Gasteiger partial charge in [-0.15, -0.1) is 12.4 Å². The topological polar surface area (TPSA) is 75.4 Å². The molecular formula is C20H24ClN3O2. The van der Waals surface area contributed by atoms with Crippen molar-refractivity contribution in [2.45, 2.75) is 19.8 Å². The van der Waals surface area contributed by atoms with E-state index in [4.69, 9.17) is 5.73 Å². The van der Waals surface area contributed by atoms with Gasteiger partial charge in [0.25, 0.3) is 11.8 Å². The van der Waals surface area contributed by atoms with Gasteiger partial charge in [-0.25, -0.2) is 0 Å². The molecule has 1 heterocycles. The second-order valence-corrected chi connectivity index (χ2v) is 6.60. The molecule has 1 aliphatic heterocycles. The summed E-state index contributed by atoms with van der Waals surface area (Å²) in [5.41, 5.74) is 7.82. The second-order valence-electron chi connectivity index (χ2n) is 6.60. The summed E-state index contributed by atoms with van der Waals surface area (Å²) in [6.07, 6.45) is 2.04. The standard InChI is InChI=1S/C20H23N3O2.ClH/c1-14-10-12-23(13-11-14)20(25)17-4-2-3-5-18(17)22-19(24)15-6-8-16(21)9-7-15;/h2-9,14H,10-13,21H2,1H3,(H,22,24);1H. The minimum Gasteiger partial charge on any atom is -0.399 e. The number of likely N-dealkylation sites (tertiary alicyclic amines) is 1. The lowest BCUT2D eigenvalue weighted by molar-refractivity contribution is 0.0698. The molecule has 2 amide bonds. The van der Waals surface area contributed by atoms with E-state index >= 15 is 0 Å². The summed E-state index contributed by atoms with van der Waals surface area (Å²) in [5, 5.41) is 2.85. The SMILES string of the molecule is CC1CCN(C(=O)c2ccccc2NC(=O)c2ccc(N)cc2)CC1.Cl. The molecule has 0 spiro atoms. The van der Waals surface area contributed by atoms with Gasteiger partial charge in [0.1, 0.15) is 0 Å². The van der Waals surface area contributed by atoms with E-state index in [1.807, 2.05) is 17.0 Å². The lowest BCUT2D eigenvalue weighted by Gasteiger charge is -2.30. The van der Waals surface area contributed by atoms with Crippen molar-refractivity contribution in [3.05, 3.63) is 59.7 Å². The van der Waals surface area contributed by atoms with Gasteiger partial charge in [0.15, 0.2) is 0 Å². The number of halogens is 1. The normalized spacial score (nSPS) is 14.4. The van der Waals surface area contributed by atoms with E-state index in [1.165, 1.54) is 0 Å². The number of benzene rings is 2. The zero-order chi connectivity index (χ0) is 17.8. The Morgan fingerprint density at radius 3 is 2.31 bits per heavy atom. The fourth-order valence-corrected chi connectivity index (χ4v) is 2.99. The van der Waals surface area contributed by atoms with Crippen molar-refractivity contribution in [2.24, 2.45) is 5.92 Å². The van der Waals surface area contributed by atoms with E-state index in [9.17, 15) is 9.59 Å². The van der Waals surface area contributed by atoms with Crippen LogP contribution in [0.5, 0.6) is 0 Å². The number of hydrogen-bond donors (Lipinski definition) is 2. The molecule has 6 heteroatoms. The van der Waals surface area contributed by atoms with Crippen LogP contribution < -0.4 is 11.1 Å². The average Bonchev–Trinajstić information content (AvgIpc) is 2.63. The van der Waals surface area contributed by atoms with Gasteiger partial charge in [-0.2, -0.15) is 0 Å². The first-order valence-corrected chi connectivity index (χ1v) is 8.60. The molecule has 3 rings (SSSR count). The van der Waals surface area contributed by atoms with Crippen LogP contribution in [0.25, 0.3) is 0 Å². The van der Waals surface area contributed by atoms with Gasteiger partial charge in [0, 0.05) is 24.3 Å². The molecule has 0 radical (unpaired) electrons. The first kappa shape index (κ1) is 19.8. The molecule has 0 aliphatic carbocycles. The van der Waals surface area contributed by atoms with Crippen LogP contribution in [0.15, 0.2) is 48.5 Å². The number of amides is 2. The number of nitrogens with two attached hydrogens (primary N) is 1. The third kappa shape index (κ3) is 4.55. The Balaban J connectivity index is 0.00000243. The maximum Gasteiger partial charge on any atom is 0.255 e. The zero-order valence-electron chi connectivity index (χ0n) is 14.8. The number of rotatable bonds is 3. The van der Waals surface area contributed by atoms with Crippen molar-refractivity contribution in [3.63, 3.8) is 0 Å². The van der Waals surface area contributed by atoms with Gasteiger partial charge in [-0.05, 0) is 55.2 Å². The Bertz CT molecular complexity index is 769. The minimum atomic E-state index is -0.257. The van der Waals surface area contributed by atoms with Crippen molar-refractivity contribution in [1.82, 2.24) is 4.90 Å². The summed E-state index contributed by atoms with van der Waals surface area (Å²) in [6.45, 7) is 3.74. The maximum absolute atomic E-state index is 12.8. The maximum atomic E-state index is 12.8. The number of nitrogens with one attached hydrogen (secondary N) is 1. The van der Waals surface area contributed by atoms with E-state index in [1.54, 1.807) is 36.4 Å². The number of para-hydroxylation sites is 1. The highest BCUT2D eigenvalue weighted by molar-refractivity contribution is 6.09. The molecule has 1 fully saturated rings. The van der Waals surface area contributed by atoms with Gasteiger partial charge in [0.2, 0.25) is 0 Å². The van der Waals surface area contributed by atoms with Crippen molar-refractivity contribution < 1.29 is 9.59 Å². The van der Waals surface area contributed by atoms with Crippen LogP contribution in [-0.4, -0.2) is 29.8 Å². The molecule has 26 heavy (non-hydrogen) atoms. The summed E-state index contributed by atoms with van der Waals surface area (Å²) in [7, 11) is 0. The zero-order valence-corrected chi connectivity index (χ0v) is 15.6. The molecule has 0 aromatic heterocycles. The number of carbonyl (C=O) groups excluding carboxylic acids is 2. The number of anilines is 2. The molecule has 0 bridgehead atoms. The van der Waals surface area contributed by atoms with Crippen LogP contribution >= 0.6 is 12.4 Å². The van der Waals surface area contributed by atoms with Gasteiger partial charge in [-0.3, -0.25) is 9.59 Å². The third-order valence-electron chi connectivity index (χ3n) is 4.65. The molecule has 3 N–H and O–H groups in total. The van der Waals surface area contributed by atoms with Gasteiger partial charge in [-0.1, -0.05) is 19.1 Å². The molecule has 1 aliphatic rings. The van der Waals surface area contributed by atoms with E-state index in [2.05, 4.69) is 12.2 Å². The summed E-state index contributed by atoms with van der Waals surface area (Å²) in [4.78, 5) is 27.2. The third-order valence-corrected chi connectivity index (χ3v) is 4.65. The highest BCUT2D eigenvalue weighted by Crippen LogP contribution is 2.22. The van der Waals surface area contributed by atoms with Crippen LogP contribution in [0.3, 0.4) is 0 Å². The first-order valence-electron chi connectivity index (χ1n) is 8.60. The Hall–Kier alpha value is -2.53. The number of hydrogen-bond acceptors (Lipinski definition) is 3. The average molecular weight is 374 g/mol. The molecule has 0 unspecified atom stereocenters. The highest BCUT2D eigenvalue weighted by atomic mass is 35.5. The fraction of sp³-hybridized carbons (Fsp3) is 0.300. The number of piperidine rings is 1. The quantitative estimate of drug-likeness (QED) is 0.803. The van der Waals surface area contributed by atoms with Crippen LogP contribution in [0, 0.1) is 5.92 Å². The Morgan fingerprint density at radius 2 is 1.65 bits per heavy atom. The molecule has 0 atom stereocenters. The van der Waals surface area contributed by atoms with E-state index in [0.717, 1.165) is 25.9 Å². The fourth-order valence-electron chi connectivity index (χ4n) is 2.99.